The summed E-state index contributed by atoms with van der Waals surface area (Å²) in [6.45, 7) is 4.28. The van der Waals surface area contributed by atoms with E-state index >= 15 is 0 Å². The highest BCUT2D eigenvalue weighted by atomic mass is 32.2. The summed E-state index contributed by atoms with van der Waals surface area (Å²) in [6, 6.07) is 9.29. The number of aryl methyl sites for hydroxylation is 1. The lowest BCUT2D eigenvalue weighted by Gasteiger charge is -2.10. The van der Waals surface area contributed by atoms with Crippen LogP contribution in [-0.4, -0.2) is 28.7 Å². The number of carbonyl (C=O) groups excluding carboxylic acids is 1. The second kappa shape index (κ2) is 7.79. The number of nitrogens with zero attached hydrogens (tertiary/aromatic N) is 2. The maximum Gasteiger partial charge on any atom is 0.270 e. The first-order chi connectivity index (χ1) is 10.6. The summed E-state index contributed by atoms with van der Waals surface area (Å²) in [5.41, 5.74) is 2.10. The zero-order valence-electron chi connectivity index (χ0n) is 12.9. The monoisotopic (exact) mass is 317 g/mol. The number of hydrogen-bond donors (Lipinski definition) is 1. The Hall–Kier alpha value is -2.08. The highest BCUT2D eigenvalue weighted by Gasteiger charge is 2.11. The van der Waals surface area contributed by atoms with Crippen molar-refractivity contribution < 1.29 is 9.53 Å². The normalized spacial score (nSPS) is 10.3. The molecule has 0 spiro atoms. The van der Waals surface area contributed by atoms with Gasteiger partial charge in [0.15, 0.2) is 5.16 Å². The Balaban J connectivity index is 2.09. The highest BCUT2D eigenvalue weighted by Crippen LogP contribution is 2.17. The molecule has 22 heavy (non-hydrogen) atoms. The van der Waals surface area contributed by atoms with Crippen LogP contribution in [0, 0.1) is 6.92 Å². The number of nitrogens with one attached hydrogen (secondary N) is 1. The van der Waals surface area contributed by atoms with Crippen molar-refractivity contribution in [3.05, 3.63) is 47.3 Å². The SMILES string of the molecule is CCSc1nc(C)cc(C(=O)NCc2ccccc2OC)n1. The van der Waals surface area contributed by atoms with Crippen LogP contribution in [0.5, 0.6) is 5.75 Å². The molecule has 0 bridgehead atoms. The fourth-order valence-electron chi connectivity index (χ4n) is 1.97. The van der Waals surface area contributed by atoms with Crippen molar-refractivity contribution in [2.75, 3.05) is 12.9 Å². The number of rotatable bonds is 6. The van der Waals surface area contributed by atoms with Crippen molar-refractivity contribution in [3.8, 4) is 5.75 Å². The van der Waals surface area contributed by atoms with Crippen molar-refractivity contribution >= 4 is 17.7 Å². The Kier molecular flexibility index (Phi) is 5.77. The number of para-hydroxylation sites is 1. The van der Waals surface area contributed by atoms with Gasteiger partial charge in [0.2, 0.25) is 0 Å². The molecule has 0 aliphatic rings. The van der Waals surface area contributed by atoms with Gasteiger partial charge in [0.25, 0.3) is 5.91 Å². The standard InChI is InChI=1S/C16H19N3O2S/c1-4-22-16-18-11(2)9-13(19-16)15(20)17-10-12-7-5-6-8-14(12)21-3/h5-9H,4,10H2,1-3H3,(H,17,20). The van der Waals surface area contributed by atoms with Crippen molar-refractivity contribution in [1.29, 1.82) is 0 Å². The summed E-state index contributed by atoms with van der Waals surface area (Å²) in [7, 11) is 1.61. The van der Waals surface area contributed by atoms with Crippen molar-refractivity contribution in [2.45, 2.75) is 25.5 Å². The van der Waals surface area contributed by atoms with Crippen LogP contribution in [0.15, 0.2) is 35.5 Å². The first-order valence-electron chi connectivity index (χ1n) is 7.02. The van der Waals surface area contributed by atoms with Crippen LogP contribution in [0.4, 0.5) is 0 Å². The molecular formula is C16H19N3O2S. The molecule has 1 heterocycles. The van der Waals surface area contributed by atoms with Crippen LogP contribution in [0.2, 0.25) is 0 Å². The highest BCUT2D eigenvalue weighted by molar-refractivity contribution is 7.99. The van der Waals surface area contributed by atoms with E-state index in [-0.39, 0.29) is 5.91 Å². The van der Waals surface area contributed by atoms with Gasteiger partial charge in [0.1, 0.15) is 11.4 Å². The van der Waals surface area contributed by atoms with Gasteiger partial charge in [-0.2, -0.15) is 0 Å². The number of amides is 1. The molecule has 1 aromatic carbocycles. The number of benzene rings is 1. The zero-order valence-corrected chi connectivity index (χ0v) is 13.7. The van der Waals surface area contributed by atoms with Crippen LogP contribution in [0.25, 0.3) is 0 Å². The van der Waals surface area contributed by atoms with E-state index in [2.05, 4.69) is 15.3 Å². The van der Waals surface area contributed by atoms with E-state index in [0.29, 0.717) is 17.4 Å². The number of thioether (sulfide) groups is 1. The molecule has 0 fully saturated rings. The zero-order chi connectivity index (χ0) is 15.9. The lowest BCUT2D eigenvalue weighted by Crippen LogP contribution is -2.24. The molecular weight excluding hydrogens is 298 g/mol. The molecule has 0 atom stereocenters. The first kappa shape index (κ1) is 16.3. The molecule has 1 N–H and O–H groups in total. The third-order valence-corrected chi connectivity index (χ3v) is 3.70. The molecule has 2 rings (SSSR count). The Bertz CT molecular complexity index is 662. The smallest absolute Gasteiger partial charge is 0.270 e. The van der Waals surface area contributed by atoms with Gasteiger partial charge in [-0.3, -0.25) is 4.79 Å². The minimum Gasteiger partial charge on any atom is -0.496 e. The molecule has 5 nitrogen and oxygen atoms in total. The van der Waals surface area contributed by atoms with Crippen LogP contribution in [0.3, 0.4) is 0 Å². The fourth-order valence-corrected chi connectivity index (χ4v) is 2.60. The third-order valence-electron chi connectivity index (χ3n) is 2.97. The summed E-state index contributed by atoms with van der Waals surface area (Å²) in [5.74, 6) is 1.41. The fraction of sp³-hybridized carbons (Fsp3) is 0.312. The van der Waals surface area contributed by atoms with Crippen LogP contribution >= 0.6 is 11.8 Å². The quantitative estimate of drug-likeness (QED) is 0.655. The predicted molar refractivity (Wildman–Crippen MR) is 87.3 cm³/mol. The molecule has 0 aliphatic heterocycles. The molecule has 1 amide bonds. The average molecular weight is 317 g/mol. The summed E-state index contributed by atoms with van der Waals surface area (Å²) in [6.07, 6.45) is 0. The second-order valence-corrected chi connectivity index (χ2v) is 5.84. The molecule has 116 valence electrons. The van der Waals surface area contributed by atoms with Crippen molar-refractivity contribution in [3.63, 3.8) is 0 Å². The molecule has 0 saturated heterocycles. The van der Waals surface area contributed by atoms with E-state index in [1.807, 2.05) is 38.1 Å². The minimum absolute atomic E-state index is 0.214. The Morgan fingerprint density at radius 3 is 2.82 bits per heavy atom. The summed E-state index contributed by atoms with van der Waals surface area (Å²) < 4.78 is 5.27. The van der Waals surface area contributed by atoms with Crippen LogP contribution in [0.1, 0.15) is 28.7 Å². The maximum atomic E-state index is 12.3. The van der Waals surface area contributed by atoms with E-state index in [0.717, 1.165) is 22.8 Å². The van der Waals surface area contributed by atoms with Crippen molar-refractivity contribution in [1.82, 2.24) is 15.3 Å². The maximum absolute atomic E-state index is 12.3. The average Bonchev–Trinajstić information content (AvgIpc) is 2.52. The molecule has 2 aromatic rings. The van der Waals surface area contributed by atoms with Crippen molar-refractivity contribution in [2.24, 2.45) is 0 Å². The first-order valence-corrected chi connectivity index (χ1v) is 8.01. The van der Waals surface area contributed by atoms with Gasteiger partial charge >= 0.3 is 0 Å². The lowest BCUT2D eigenvalue weighted by molar-refractivity contribution is 0.0944. The molecule has 0 aliphatic carbocycles. The summed E-state index contributed by atoms with van der Waals surface area (Å²) >= 11 is 1.52. The molecule has 0 radical (unpaired) electrons. The topological polar surface area (TPSA) is 64.1 Å². The van der Waals surface area contributed by atoms with Gasteiger partial charge in [0.05, 0.1) is 7.11 Å². The Labute approximate surface area is 134 Å². The van der Waals surface area contributed by atoms with E-state index in [4.69, 9.17) is 4.74 Å². The van der Waals surface area contributed by atoms with Gasteiger partial charge < -0.3 is 10.1 Å². The largest absolute Gasteiger partial charge is 0.496 e. The van der Waals surface area contributed by atoms with Crippen LogP contribution in [-0.2, 0) is 6.54 Å². The van der Waals surface area contributed by atoms with Gasteiger partial charge in [-0.25, -0.2) is 9.97 Å². The van der Waals surface area contributed by atoms with E-state index in [1.165, 1.54) is 11.8 Å². The van der Waals surface area contributed by atoms with E-state index in [9.17, 15) is 4.79 Å². The number of ether oxygens (including phenoxy) is 1. The number of methoxy groups -OCH3 is 1. The van der Waals surface area contributed by atoms with Gasteiger partial charge in [-0.1, -0.05) is 36.9 Å². The number of hydrogen-bond acceptors (Lipinski definition) is 5. The molecule has 0 unspecified atom stereocenters. The second-order valence-electron chi connectivity index (χ2n) is 4.60. The van der Waals surface area contributed by atoms with Gasteiger partial charge in [0, 0.05) is 17.8 Å². The Morgan fingerprint density at radius 2 is 2.09 bits per heavy atom. The molecule has 6 heteroatoms. The van der Waals surface area contributed by atoms with E-state index in [1.54, 1.807) is 13.2 Å². The third kappa shape index (κ3) is 4.21. The number of aromatic nitrogens is 2. The van der Waals surface area contributed by atoms with Gasteiger partial charge in [-0.15, -0.1) is 0 Å². The molecule has 0 saturated carbocycles. The van der Waals surface area contributed by atoms with E-state index < -0.39 is 0 Å². The number of carbonyl (C=O) groups is 1. The molecule has 1 aromatic heterocycles. The summed E-state index contributed by atoms with van der Waals surface area (Å²) in [4.78, 5) is 20.9. The lowest BCUT2D eigenvalue weighted by atomic mass is 10.2. The Morgan fingerprint density at radius 1 is 1.32 bits per heavy atom. The minimum atomic E-state index is -0.214. The van der Waals surface area contributed by atoms with Crippen LogP contribution < -0.4 is 10.1 Å². The van der Waals surface area contributed by atoms with Gasteiger partial charge in [-0.05, 0) is 24.8 Å². The predicted octanol–water partition coefficient (Wildman–Crippen LogP) is 2.84. The summed E-state index contributed by atoms with van der Waals surface area (Å²) in [5, 5.41) is 3.50.